The summed E-state index contributed by atoms with van der Waals surface area (Å²) in [6.45, 7) is 2.67. The van der Waals surface area contributed by atoms with Crippen LogP contribution >= 0.6 is 22.6 Å². The van der Waals surface area contributed by atoms with Gasteiger partial charge in [-0.05, 0) is 68.2 Å². The Bertz CT molecular complexity index is 432. The van der Waals surface area contributed by atoms with E-state index in [1.807, 2.05) is 31.3 Å². The Morgan fingerprint density at radius 3 is 2.68 bits per heavy atom. The van der Waals surface area contributed by atoms with E-state index < -0.39 is 0 Å². The van der Waals surface area contributed by atoms with Gasteiger partial charge in [-0.2, -0.15) is 0 Å². The topological polar surface area (TPSA) is 23.6 Å². The molecule has 1 aliphatic heterocycles. The molecule has 1 aliphatic rings. The molecule has 1 saturated heterocycles. The lowest BCUT2D eigenvalue weighted by atomic mass is 10.1. The molecular formula is C15H21IN2O. The first-order chi connectivity index (χ1) is 9.06. The second-order valence-electron chi connectivity index (χ2n) is 5.40. The molecule has 19 heavy (non-hydrogen) atoms. The van der Waals surface area contributed by atoms with E-state index >= 15 is 0 Å². The molecule has 1 atom stereocenters. The highest BCUT2D eigenvalue weighted by molar-refractivity contribution is 14.1. The number of carbonyl (C=O) groups excluding carboxylic acids is 1. The van der Waals surface area contributed by atoms with Crippen LogP contribution in [0.4, 0.5) is 0 Å². The van der Waals surface area contributed by atoms with Crippen molar-refractivity contribution >= 4 is 28.4 Å². The summed E-state index contributed by atoms with van der Waals surface area (Å²) in [6.07, 6.45) is 2.53. The van der Waals surface area contributed by atoms with Gasteiger partial charge >= 0.3 is 0 Å². The van der Waals surface area contributed by atoms with E-state index in [-0.39, 0.29) is 5.78 Å². The number of likely N-dealkylation sites (tertiary alicyclic amines) is 1. The highest BCUT2D eigenvalue weighted by atomic mass is 127. The summed E-state index contributed by atoms with van der Waals surface area (Å²) in [6, 6.07) is 8.41. The Labute approximate surface area is 129 Å². The van der Waals surface area contributed by atoms with Crippen LogP contribution in [0, 0.1) is 3.57 Å². The summed E-state index contributed by atoms with van der Waals surface area (Å²) < 4.78 is 1.16. The van der Waals surface area contributed by atoms with E-state index in [1.165, 1.54) is 19.4 Å². The molecule has 1 heterocycles. The standard InChI is InChI=1S/C15H21IN2O/c1-17(10-14-4-3-9-18(14)2)11-15(19)12-5-7-13(16)8-6-12/h5-8,14H,3-4,9-11H2,1-2H3. The average Bonchev–Trinajstić information content (AvgIpc) is 2.75. The lowest BCUT2D eigenvalue weighted by Crippen LogP contribution is -2.38. The summed E-state index contributed by atoms with van der Waals surface area (Å²) in [4.78, 5) is 16.7. The van der Waals surface area contributed by atoms with Gasteiger partial charge in [0.1, 0.15) is 0 Å². The van der Waals surface area contributed by atoms with Gasteiger partial charge in [-0.15, -0.1) is 0 Å². The second kappa shape index (κ2) is 6.81. The number of nitrogens with zero attached hydrogens (tertiary/aromatic N) is 2. The van der Waals surface area contributed by atoms with Crippen LogP contribution in [0.15, 0.2) is 24.3 Å². The highest BCUT2D eigenvalue weighted by Crippen LogP contribution is 2.15. The third-order valence-corrected chi connectivity index (χ3v) is 4.49. The zero-order valence-electron chi connectivity index (χ0n) is 11.6. The maximum Gasteiger partial charge on any atom is 0.176 e. The van der Waals surface area contributed by atoms with Crippen molar-refractivity contribution in [3.63, 3.8) is 0 Å². The Kier molecular flexibility index (Phi) is 5.36. The SMILES string of the molecule is CN(CC(=O)c1ccc(I)cc1)CC1CCCN1C. The predicted molar refractivity (Wildman–Crippen MR) is 86.6 cm³/mol. The number of hydrogen-bond acceptors (Lipinski definition) is 3. The fourth-order valence-electron chi connectivity index (χ4n) is 2.61. The molecule has 2 rings (SSSR count). The predicted octanol–water partition coefficient (Wildman–Crippen LogP) is 2.50. The molecule has 0 bridgehead atoms. The Balaban J connectivity index is 1.86. The molecular weight excluding hydrogens is 351 g/mol. The van der Waals surface area contributed by atoms with Crippen molar-refractivity contribution in [1.29, 1.82) is 0 Å². The first-order valence-corrected chi connectivity index (χ1v) is 7.81. The number of Topliss-reactive ketones (excluding diaryl/α,β-unsaturated/α-hetero) is 1. The molecule has 1 aromatic carbocycles. The number of ketones is 1. The van der Waals surface area contributed by atoms with Gasteiger partial charge in [0.25, 0.3) is 0 Å². The lowest BCUT2D eigenvalue weighted by molar-refractivity contribution is 0.0932. The Morgan fingerprint density at radius 1 is 1.42 bits per heavy atom. The van der Waals surface area contributed by atoms with Crippen molar-refractivity contribution in [2.24, 2.45) is 0 Å². The molecule has 0 radical (unpaired) electrons. The molecule has 0 saturated carbocycles. The van der Waals surface area contributed by atoms with E-state index in [2.05, 4.69) is 39.4 Å². The molecule has 0 amide bonds. The van der Waals surface area contributed by atoms with Gasteiger partial charge in [-0.25, -0.2) is 0 Å². The van der Waals surface area contributed by atoms with E-state index in [0.29, 0.717) is 12.6 Å². The molecule has 0 aliphatic carbocycles. The molecule has 0 N–H and O–H groups in total. The average molecular weight is 372 g/mol. The molecule has 3 nitrogen and oxygen atoms in total. The summed E-state index contributed by atoms with van der Waals surface area (Å²) >= 11 is 2.25. The van der Waals surface area contributed by atoms with Crippen molar-refractivity contribution in [3.8, 4) is 0 Å². The number of carbonyl (C=O) groups is 1. The second-order valence-corrected chi connectivity index (χ2v) is 6.65. The van der Waals surface area contributed by atoms with Crippen LogP contribution in [-0.4, -0.2) is 55.4 Å². The van der Waals surface area contributed by atoms with Gasteiger partial charge in [-0.3, -0.25) is 9.69 Å². The smallest absolute Gasteiger partial charge is 0.176 e. The first-order valence-electron chi connectivity index (χ1n) is 6.74. The minimum Gasteiger partial charge on any atom is -0.302 e. The van der Waals surface area contributed by atoms with Crippen LogP contribution < -0.4 is 0 Å². The minimum absolute atomic E-state index is 0.208. The number of hydrogen-bond donors (Lipinski definition) is 0. The highest BCUT2D eigenvalue weighted by Gasteiger charge is 2.22. The molecule has 0 spiro atoms. The van der Waals surface area contributed by atoms with E-state index in [9.17, 15) is 4.79 Å². The number of rotatable bonds is 5. The lowest BCUT2D eigenvalue weighted by Gasteiger charge is -2.25. The van der Waals surface area contributed by atoms with Gasteiger partial charge < -0.3 is 4.90 Å². The maximum absolute atomic E-state index is 12.2. The van der Waals surface area contributed by atoms with Crippen LogP contribution in [0.3, 0.4) is 0 Å². The van der Waals surface area contributed by atoms with Crippen molar-refractivity contribution < 1.29 is 4.79 Å². The Morgan fingerprint density at radius 2 is 2.11 bits per heavy atom. The van der Waals surface area contributed by atoms with Gasteiger partial charge in [0.05, 0.1) is 6.54 Å². The van der Waals surface area contributed by atoms with Gasteiger partial charge in [0, 0.05) is 21.7 Å². The molecule has 4 heteroatoms. The quantitative estimate of drug-likeness (QED) is 0.586. The van der Waals surface area contributed by atoms with Crippen LogP contribution in [0.2, 0.25) is 0 Å². The molecule has 0 aromatic heterocycles. The normalized spacial score (nSPS) is 20.1. The van der Waals surface area contributed by atoms with Crippen molar-refractivity contribution in [2.75, 3.05) is 33.7 Å². The molecule has 104 valence electrons. The van der Waals surface area contributed by atoms with Crippen molar-refractivity contribution in [2.45, 2.75) is 18.9 Å². The third-order valence-electron chi connectivity index (χ3n) is 3.77. The summed E-state index contributed by atoms with van der Waals surface area (Å²) in [5.41, 5.74) is 0.812. The Hall–Kier alpha value is -0.460. The van der Waals surface area contributed by atoms with E-state index in [1.54, 1.807) is 0 Å². The number of benzene rings is 1. The number of likely N-dealkylation sites (N-methyl/N-ethyl adjacent to an activating group) is 2. The summed E-state index contributed by atoms with van der Waals surface area (Å²) in [7, 11) is 4.21. The fourth-order valence-corrected chi connectivity index (χ4v) is 2.97. The fraction of sp³-hybridized carbons (Fsp3) is 0.533. The van der Waals surface area contributed by atoms with Crippen molar-refractivity contribution in [3.05, 3.63) is 33.4 Å². The zero-order chi connectivity index (χ0) is 13.8. The summed E-state index contributed by atoms with van der Waals surface area (Å²) in [5.74, 6) is 0.208. The molecule has 1 unspecified atom stereocenters. The number of halogens is 1. The molecule has 1 fully saturated rings. The minimum atomic E-state index is 0.208. The van der Waals surface area contributed by atoms with Gasteiger partial charge in [-0.1, -0.05) is 12.1 Å². The largest absolute Gasteiger partial charge is 0.302 e. The van der Waals surface area contributed by atoms with Crippen molar-refractivity contribution in [1.82, 2.24) is 9.80 Å². The van der Waals surface area contributed by atoms with Gasteiger partial charge in [0.2, 0.25) is 0 Å². The van der Waals surface area contributed by atoms with Crippen LogP contribution in [0.25, 0.3) is 0 Å². The van der Waals surface area contributed by atoms with Crippen LogP contribution in [0.5, 0.6) is 0 Å². The summed E-state index contributed by atoms with van der Waals surface area (Å²) in [5, 5.41) is 0. The maximum atomic E-state index is 12.2. The van der Waals surface area contributed by atoms with Crippen LogP contribution in [-0.2, 0) is 0 Å². The van der Waals surface area contributed by atoms with Gasteiger partial charge in [0.15, 0.2) is 5.78 Å². The molecule has 1 aromatic rings. The third kappa shape index (κ3) is 4.26. The monoisotopic (exact) mass is 372 g/mol. The first kappa shape index (κ1) is 14.9. The zero-order valence-corrected chi connectivity index (χ0v) is 13.8. The van der Waals surface area contributed by atoms with E-state index in [4.69, 9.17) is 0 Å². The van der Waals surface area contributed by atoms with Crippen LogP contribution in [0.1, 0.15) is 23.2 Å². The van der Waals surface area contributed by atoms with E-state index in [0.717, 1.165) is 15.7 Å².